The average molecular weight is 257 g/mol. The molecular weight excluding hydrogens is 238 g/mol. The van der Waals surface area contributed by atoms with E-state index in [-0.39, 0.29) is 12.5 Å². The van der Waals surface area contributed by atoms with Crippen molar-refractivity contribution in [2.75, 3.05) is 13.1 Å². The number of hydrogen-bond acceptors (Lipinski definition) is 3. The lowest BCUT2D eigenvalue weighted by molar-refractivity contribution is -0.139. The van der Waals surface area contributed by atoms with Crippen molar-refractivity contribution < 1.29 is 19.5 Å². The van der Waals surface area contributed by atoms with E-state index in [4.69, 9.17) is 10.8 Å². The first-order chi connectivity index (χ1) is 8.45. The molecule has 0 radical (unpaired) electrons. The second-order valence-electron chi connectivity index (χ2n) is 4.46. The van der Waals surface area contributed by atoms with Gasteiger partial charge >= 0.3 is 12.0 Å². The minimum absolute atomic E-state index is 0.264. The third-order valence-corrected chi connectivity index (χ3v) is 3.05. The molecule has 0 bridgehead atoms. The second kappa shape index (κ2) is 6.23. The fourth-order valence-corrected chi connectivity index (χ4v) is 1.96. The Morgan fingerprint density at radius 2 is 2.17 bits per heavy atom. The van der Waals surface area contributed by atoms with E-state index < -0.39 is 23.9 Å². The van der Waals surface area contributed by atoms with Crippen LogP contribution in [-0.4, -0.2) is 47.0 Å². The van der Waals surface area contributed by atoms with Crippen LogP contribution >= 0.6 is 0 Å². The number of carboxylic acid groups (broad SMARTS) is 1. The monoisotopic (exact) mass is 257 g/mol. The van der Waals surface area contributed by atoms with Gasteiger partial charge in [-0.2, -0.15) is 0 Å². The Balaban J connectivity index is 2.50. The zero-order valence-corrected chi connectivity index (χ0v) is 10.4. The lowest BCUT2D eigenvalue weighted by Gasteiger charge is -2.20. The van der Waals surface area contributed by atoms with Crippen LogP contribution in [0.1, 0.15) is 26.2 Å². The molecule has 1 heterocycles. The number of carboxylic acids is 1. The number of likely N-dealkylation sites (tertiary alicyclic amines) is 1. The number of hydrogen-bond donors (Lipinski definition) is 3. The Bertz CT molecular complexity index is 345. The summed E-state index contributed by atoms with van der Waals surface area (Å²) in [6, 6.07) is -1.32. The summed E-state index contributed by atoms with van der Waals surface area (Å²) in [4.78, 5) is 35.1. The number of aliphatic carboxylic acids is 1. The third-order valence-electron chi connectivity index (χ3n) is 3.05. The zero-order chi connectivity index (χ0) is 13.7. The first kappa shape index (κ1) is 14.3. The number of nitrogens with two attached hydrogens (primary N) is 1. The van der Waals surface area contributed by atoms with Crippen molar-refractivity contribution in [1.82, 2.24) is 10.2 Å². The van der Waals surface area contributed by atoms with Crippen LogP contribution < -0.4 is 11.1 Å². The molecule has 18 heavy (non-hydrogen) atoms. The fraction of sp³-hybridized carbons (Fsp3) is 0.727. The van der Waals surface area contributed by atoms with Crippen LogP contribution in [0.25, 0.3) is 0 Å². The number of amides is 3. The summed E-state index contributed by atoms with van der Waals surface area (Å²) in [6.07, 6.45) is 1.59. The van der Waals surface area contributed by atoms with Crippen LogP contribution in [0.2, 0.25) is 0 Å². The van der Waals surface area contributed by atoms with Gasteiger partial charge in [-0.3, -0.25) is 4.79 Å². The fourth-order valence-electron chi connectivity index (χ4n) is 1.96. The zero-order valence-electron chi connectivity index (χ0n) is 10.4. The number of nitrogens with zero attached hydrogens (tertiary/aromatic N) is 1. The molecule has 1 fully saturated rings. The minimum Gasteiger partial charge on any atom is -0.480 e. The number of rotatable bonds is 5. The number of carbonyl (C=O) groups excluding carboxylic acids is 2. The maximum Gasteiger partial charge on any atom is 0.326 e. The maximum atomic E-state index is 11.8. The van der Waals surface area contributed by atoms with Gasteiger partial charge in [0, 0.05) is 13.1 Å². The number of nitrogens with one attached hydrogen (secondary N) is 1. The van der Waals surface area contributed by atoms with Gasteiger partial charge in [-0.05, 0) is 12.8 Å². The Labute approximate surface area is 105 Å². The molecule has 0 aromatic rings. The molecule has 0 aromatic heterocycles. The van der Waals surface area contributed by atoms with Crippen molar-refractivity contribution in [1.29, 1.82) is 0 Å². The highest BCUT2D eigenvalue weighted by Gasteiger charge is 2.31. The molecule has 1 aliphatic heterocycles. The van der Waals surface area contributed by atoms with Crippen LogP contribution in [0.3, 0.4) is 0 Å². The van der Waals surface area contributed by atoms with E-state index in [9.17, 15) is 14.4 Å². The van der Waals surface area contributed by atoms with Crippen molar-refractivity contribution >= 4 is 17.9 Å². The van der Waals surface area contributed by atoms with Gasteiger partial charge in [-0.1, -0.05) is 13.3 Å². The van der Waals surface area contributed by atoms with Crippen molar-refractivity contribution in [2.45, 2.75) is 32.2 Å². The SMILES string of the molecule is CCC[C@H](NC(=O)N1CCC(C(N)=O)C1)C(=O)O. The van der Waals surface area contributed by atoms with E-state index in [0.717, 1.165) is 0 Å². The molecule has 1 rings (SSSR count). The topological polar surface area (TPSA) is 113 Å². The van der Waals surface area contributed by atoms with Gasteiger partial charge in [0.05, 0.1) is 5.92 Å². The van der Waals surface area contributed by atoms with E-state index in [1.165, 1.54) is 4.90 Å². The summed E-state index contributed by atoms with van der Waals surface area (Å²) in [5, 5.41) is 11.4. The highest BCUT2D eigenvalue weighted by molar-refractivity contribution is 5.84. The van der Waals surface area contributed by atoms with Crippen molar-refractivity contribution in [3.63, 3.8) is 0 Å². The lowest BCUT2D eigenvalue weighted by Crippen LogP contribution is -2.47. The Morgan fingerprint density at radius 1 is 1.50 bits per heavy atom. The van der Waals surface area contributed by atoms with Gasteiger partial charge in [-0.15, -0.1) is 0 Å². The smallest absolute Gasteiger partial charge is 0.326 e. The van der Waals surface area contributed by atoms with Crippen molar-refractivity contribution in [3.8, 4) is 0 Å². The molecule has 4 N–H and O–H groups in total. The molecule has 1 aliphatic rings. The first-order valence-corrected chi connectivity index (χ1v) is 6.03. The van der Waals surface area contributed by atoms with Crippen molar-refractivity contribution in [3.05, 3.63) is 0 Å². The maximum absolute atomic E-state index is 11.8. The van der Waals surface area contributed by atoms with Gasteiger partial charge in [-0.25, -0.2) is 9.59 Å². The molecular formula is C11H19N3O4. The van der Waals surface area contributed by atoms with Crippen molar-refractivity contribution in [2.24, 2.45) is 11.7 Å². The largest absolute Gasteiger partial charge is 0.480 e. The molecule has 0 aliphatic carbocycles. The number of carbonyl (C=O) groups is 3. The molecule has 1 saturated heterocycles. The molecule has 102 valence electrons. The molecule has 3 amide bonds. The summed E-state index contributed by atoms with van der Waals surface area (Å²) in [6.45, 7) is 2.54. The average Bonchev–Trinajstić information content (AvgIpc) is 2.77. The summed E-state index contributed by atoms with van der Waals surface area (Å²) >= 11 is 0. The van der Waals surface area contributed by atoms with E-state index in [1.54, 1.807) is 0 Å². The molecule has 0 saturated carbocycles. The Kier molecular flexibility index (Phi) is 4.94. The summed E-state index contributed by atoms with van der Waals surface area (Å²) in [7, 11) is 0. The highest BCUT2D eigenvalue weighted by Crippen LogP contribution is 2.15. The Morgan fingerprint density at radius 3 is 2.61 bits per heavy atom. The Hall–Kier alpha value is -1.79. The normalized spacial score (nSPS) is 20.5. The van der Waals surface area contributed by atoms with Gasteiger partial charge in [0.1, 0.15) is 6.04 Å². The predicted octanol–water partition coefficient (Wildman–Crippen LogP) is -0.243. The van der Waals surface area contributed by atoms with E-state index in [0.29, 0.717) is 25.8 Å². The van der Waals surface area contributed by atoms with E-state index >= 15 is 0 Å². The van der Waals surface area contributed by atoms with Crippen LogP contribution in [0.4, 0.5) is 4.79 Å². The molecule has 1 unspecified atom stereocenters. The van der Waals surface area contributed by atoms with E-state index in [1.807, 2.05) is 6.92 Å². The molecule has 7 heteroatoms. The summed E-state index contributed by atoms with van der Waals surface area (Å²) in [5.74, 6) is -1.80. The molecule has 0 spiro atoms. The van der Waals surface area contributed by atoms with Crippen LogP contribution in [0.5, 0.6) is 0 Å². The molecule has 2 atom stereocenters. The highest BCUT2D eigenvalue weighted by atomic mass is 16.4. The molecule has 7 nitrogen and oxygen atoms in total. The van der Waals surface area contributed by atoms with Gasteiger partial charge in [0.2, 0.25) is 5.91 Å². The predicted molar refractivity (Wildman–Crippen MR) is 63.7 cm³/mol. The van der Waals surface area contributed by atoms with Gasteiger partial charge < -0.3 is 21.1 Å². The van der Waals surface area contributed by atoms with Gasteiger partial charge in [0.15, 0.2) is 0 Å². The third kappa shape index (κ3) is 3.61. The number of urea groups is 1. The van der Waals surface area contributed by atoms with Crippen LogP contribution in [0, 0.1) is 5.92 Å². The van der Waals surface area contributed by atoms with Crippen LogP contribution in [0.15, 0.2) is 0 Å². The first-order valence-electron chi connectivity index (χ1n) is 6.03. The van der Waals surface area contributed by atoms with Gasteiger partial charge in [0.25, 0.3) is 0 Å². The summed E-state index contributed by atoms with van der Waals surface area (Å²) in [5.41, 5.74) is 5.17. The number of primary amides is 1. The summed E-state index contributed by atoms with van der Waals surface area (Å²) < 4.78 is 0. The lowest BCUT2D eigenvalue weighted by atomic mass is 10.1. The second-order valence-corrected chi connectivity index (χ2v) is 4.46. The minimum atomic E-state index is -1.05. The van der Waals surface area contributed by atoms with E-state index in [2.05, 4.69) is 5.32 Å². The van der Waals surface area contributed by atoms with Crippen LogP contribution in [-0.2, 0) is 9.59 Å². The standard InChI is InChI=1S/C11H19N3O4/c1-2-3-8(10(16)17)13-11(18)14-5-4-7(6-14)9(12)15/h7-8H,2-6H2,1H3,(H2,12,15)(H,13,18)(H,16,17)/t7?,8-/m0/s1. The molecule has 0 aromatic carbocycles. The quantitative estimate of drug-likeness (QED) is 0.630.